The highest BCUT2D eigenvalue weighted by Crippen LogP contribution is 2.03. The van der Waals surface area contributed by atoms with Crippen molar-refractivity contribution < 1.29 is 4.42 Å². The van der Waals surface area contributed by atoms with Gasteiger partial charge in [-0.3, -0.25) is 4.98 Å². The van der Waals surface area contributed by atoms with Gasteiger partial charge < -0.3 is 9.73 Å². The summed E-state index contributed by atoms with van der Waals surface area (Å²) in [4.78, 5) is 4.23. The van der Waals surface area contributed by atoms with Crippen LogP contribution in [0, 0.1) is 6.92 Å². The van der Waals surface area contributed by atoms with Crippen LogP contribution in [0.25, 0.3) is 0 Å². The van der Waals surface area contributed by atoms with Crippen molar-refractivity contribution >= 4 is 6.01 Å². The SMILES string of the molecule is Cc1ccc(CNc2nnco2)nc1. The minimum atomic E-state index is 0.410. The van der Waals surface area contributed by atoms with E-state index in [4.69, 9.17) is 4.42 Å². The van der Waals surface area contributed by atoms with Gasteiger partial charge in [-0.2, -0.15) is 0 Å². The third-order valence-corrected chi connectivity index (χ3v) is 1.75. The first kappa shape index (κ1) is 8.68. The van der Waals surface area contributed by atoms with Crippen LogP contribution in [0.2, 0.25) is 0 Å². The highest BCUT2D eigenvalue weighted by atomic mass is 16.4. The number of anilines is 1. The van der Waals surface area contributed by atoms with Gasteiger partial charge in [-0.05, 0) is 18.6 Å². The number of rotatable bonds is 3. The zero-order chi connectivity index (χ0) is 9.80. The first-order valence-corrected chi connectivity index (χ1v) is 4.26. The van der Waals surface area contributed by atoms with E-state index in [1.165, 1.54) is 6.39 Å². The Kier molecular flexibility index (Phi) is 2.40. The summed E-state index contributed by atoms with van der Waals surface area (Å²) in [6, 6.07) is 4.38. The van der Waals surface area contributed by atoms with E-state index in [0.29, 0.717) is 12.6 Å². The number of pyridine rings is 1. The molecule has 2 rings (SSSR count). The minimum Gasteiger partial charge on any atom is -0.411 e. The molecule has 1 N–H and O–H groups in total. The van der Waals surface area contributed by atoms with Crippen molar-refractivity contribution in [2.45, 2.75) is 13.5 Å². The van der Waals surface area contributed by atoms with Gasteiger partial charge in [-0.15, -0.1) is 5.10 Å². The van der Waals surface area contributed by atoms with Crippen molar-refractivity contribution in [3.05, 3.63) is 36.0 Å². The Morgan fingerprint density at radius 3 is 3.00 bits per heavy atom. The smallest absolute Gasteiger partial charge is 0.315 e. The average Bonchev–Trinajstić information content (AvgIpc) is 2.70. The molecule has 0 bridgehead atoms. The van der Waals surface area contributed by atoms with E-state index >= 15 is 0 Å². The highest BCUT2D eigenvalue weighted by molar-refractivity contribution is 5.20. The molecule has 2 heterocycles. The predicted octanol–water partition coefficient (Wildman–Crippen LogP) is 1.39. The maximum absolute atomic E-state index is 4.92. The van der Waals surface area contributed by atoms with E-state index in [-0.39, 0.29) is 0 Å². The molecule has 0 aliphatic carbocycles. The molecule has 0 aliphatic heterocycles. The molecule has 0 saturated carbocycles. The second kappa shape index (κ2) is 3.87. The van der Waals surface area contributed by atoms with Gasteiger partial charge in [0.1, 0.15) is 0 Å². The van der Waals surface area contributed by atoms with Crippen LogP contribution < -0.4 is 5.32 Å². The van der Waals surface area contributed by atoms with Gasteiger partial charge in [0.15, 0.2) is 0 Å². The first-order chi connectivity index (χ1) is 6.84. The Balaban J connectivity index is 1.95. The van der Waals surface area contributed by atoms with Crippen LogP contribution >= 0.6 is 0 Å². The van der Waals surface area contributed by atoms with Crippen LogP contribution in [0.5, 0.6) is 0 Å². The molecule has 0 radical (unpaired) electrons. The molecular weight excluding hydrogens is 180 g/mol. The van der Waals surface area contributed by atoms with Gasteiger partial charge >= 0.3 is 6.01 Å². The van der Waals surface area contributed by atoms with Crippen molar-refractivity contribution in [2.75, 3.05) is 5.32 Å². The Morgan fingerprint density at radius 1 is 1.43 bits per heavy atom. The Labute approximate surface area is 81.2 Å². The van der Waals surface area contributed by atoms with Crippen molar-refractivity contribution in [1.29, 1.82) is 0 Å². The number of hydrogen-bond donors (Lipinski definition) is 1. The molecule has 0 amide bonds. The lowest BCUT2D eigenvalue weighted by molar-refractivity contribution is 0.565. The summed E-state index contributed by atoms with van der Waals surface area (Å²) in [6.07, 6.45) is 3.11. The molecule has 2 aromatic rings. The zero-order valence-corrected chi connectivity index (χ0v) is 7.77. The number of aryl methyl sites for hydroxylation is 1. The Morgan fingerprint density at radius 2 is 2.36 bits per heavy atom. The van der Waals surface area contributed by atoms with E-state index in [0.717, 1.165) is 11.3 Å². The largest absolute Gasteiger partial charge is 0.411 e. The van der Waals surface area contributed by atoms with Gasteiger partial charge in [-0.25, -0.2) is 0 Å². The fourth-order valence-corrected chi connectivity index (χ4v) is 1.02. The molecule has 0 atom stereocenters. The summed E-state index contributed by atoms with van der Waals surface area (Å²) >= 11 is 0. The fourth-order valence-electron chi connectivity index (χ4n) is 1.02. The fraction of sp³-hybridized carbons (Fsp3) is 0.222. The van der Waals surface area contributed by atoms with Crippen LogP contribution in [0.3, 0.4) is 0 Å². The summed E-state index contributed by atoms with van der Waals surface area (Å²) in [5, 5.41) is 10.2. The van der Waals surface area contributed by atoms with E-state index in [1.807, 2.05) is 25.3 Å². The van der Waals surface area contributed by atoms with E-state index in [1.54, 1.807) is 0 Å². The lowest BCUT2D eigenvalue weighted by atomic mass is 10.3. The maximum Gasteiger partial charge on any atom is 0.315 e. The minimum absolute atomic E-state index is 0.410. The normalized spacial score (nSPS) is 10.1. The quantitative estimate of drug-likeness (QED) is 0.792. The molecule has 0 aromatic carbocycles. The average molecular weight is 190 g/mol. The van der Waals surface area contributed by atoms with Crippen LogP contribution in [-0.2, 0) is 6.54 Å². The highest BCUT2D eigenvalue weighted by Gasteiger charge is 1.98. The number of aromatic nitrogens is 3. The molecule has 0 saturated heterocycles. The molecule has 72 valence electrons. The molecule has 0 unspecified atom stereocenters. The molecule has 0 aliphatic rings. The predicted molar refractivity (Wildman–Crippen MR) is 50.6 cm³/mol. The topological polar surface area (TPSA) is 63.8 Å². The third-order valence-electron chi connectivity index (χ3n) is 1.75. The summed E-state index contributed by atoms with van der Waals surface area (Å²) < 4.78 is 4.92. The Hall–Kier alpha value is -1.91. The summed E-state index contributed by atoms with van der Waals surface area (Å²) in [5.41, 5.74) is 2.08. The van der Waals surface area contributed by atoms with E-state index < -0.39 is 0 Å². The van der Waals surface area contributed by atoms with Crippen LogP contribution in [0.15, 0.2) is 29.1 Å². The molecular formula is C9H10N4O. The summed E-state index contributed by atoms with van der Waals surface area (Å²) in [7, 11) is 0. The maximum atomic E-state index is 4.92. The molecule has 5 nitrogen and oxygen atoms in total. The second-order valence-electron chi connectivity index (χ2n) is 2.92. The lowest BCUT2D eigenvalue weighted by Gasteiger charge is -2.00. The number of hydrogen-bond acceptors (Lipinski definition) is 5. The number of nitrogens with one attached hydrogen (secondary N) is 1. The van der Waals surface area contributed by atoms with Gasteiger partial charge in [-0.1, -0.05) is 11.2 Å². The summed E-state index contributed by atoms with van der Waals surface area (Å²) in [5.74, 6) is 0. The van der Waals surface area contributed by atoms with Crippen LogP contribution in [-0.4, -0.2) is 15.2 Å². The van der Waals surface area contributed by atoms with Gasteiger partial charge in [0.25, 0.3) is 0 Å². The van der Waals surface area contributed by atoms with Gasteiger partial charge in [0.2, 0.25) is 6.39 Å². The van der Waals surface area contributed by atoms with E-state index in [9.17, 15) is 0 Å². The van der Waals surface area contributed by atoms with Crippen molar-refractivity contribution in [3.8, 4) is 0 Å². The summed E-state index contributed by atoms with van der Waals surface area (Å²) in [6.45, 7) is 2.59. The molecule has 2 aromatic heterocycles. The zero-order valence-electron chi connectivity index (χ0n) is 7.77. The van der Waals surface area contributed by atoms with Gasteiger partial charge in [0, 0.05) is 6.20 Å². The molecule has 0 spiro atoms. The second-order valence-corrected chi connectivity index (χ2v) is 2.92. The van der Waals surface area contributed by atoms with Crippen LogP contribution in [0.1, 0.15) is 11.3 Å². The van der Waals surface area contributed by atoms with Crippen molar-refractivity contribution in [1.82, 2.24) is 15.2 Å². The molecule has 14 heavy (non-hydrogen) atoms. The van der Waals surface area contributed by atoms with Crippen molar-refractivity contribution in [3.63, 3.8) is 0 Å². The molecule has 0 fully saturated rings. The van der Waals surface area contributed by atoms with E-state index in [2.05, 4.69) is 20.5 Å². The lowest BCUT2D eigenvalue weighted by Crippen LogP contribution is -2.01. The standard InChI is InChI=1S/C9H10N4O/c1-7-2-3-8(10-4-7)5-11-9-13-12-6-14-9/h2-4,6H,5H2,1H3,(H,11,13). The van der Waals surface area contributed by atoms with Crippen molar-refractivity contribution in [2.24, 2.45) is 0 Å². The first-order valence-electron chi connectivity index (χ1n) is 4.26. The van der Waals surface area contributed by atoms with Gasteiger partial charge in [0.05, 0.1) is 12.2 Å². The number of nitrogens with zero attached hydrogens (tertiary/aromatic N) is 3. The third kappa shape index (κ3) is 2.07. The Bertz CT molecular complexity index is 382. The van der Waals surface area contributed by atoms with Crippen LogP contribution in [0.4, 0.5) is 6.01 Å². The monoisotopic (exact) mass is 190 g/mol. The molecule has 5 heteroatoms.